The monoisotopic (exact) mass is 171 g/mol. The van der Waals surface area contributed by atoms with E-state index in [9.17, 15) is 0 Å². The highest BCUT2D eigenvalue weighted by molar-refractivity contribution is 4.59. The molecule has 1 rings (SSSR count). The molecule has 0 aromatic rings. The number of hydrogen-bond donors (Lipinski definition) is 1. The van der Waals surface area contributed by atoms with Crippen molar-refractivity contribution in [3.8, 4) is 0 Å². The van der Waals surface area contributed by atoms with Gasteiger partial charge in [-0.25, -0.2) is 0 Å². The molecular weight excluding hydrogens is 146 g/mol. The van der Waals surface area contributed by atoms with Gasteiger partial charge >= 0.3 is 0 Å². The molecule has 0 unspecified atom stereocenters. The largest absolute Gasteiger partial charge is 0.318 e. The zero-order valence-electron chi connectivity index (χ0n) is 9.19. The average Bonchev–Trinajstić information content (AvgIpc) is 2.07. The smallest absolute Gasteiger partial charge is 0.000733 e. The molecule has 1 N–H and O–H groups in total. The van der Waals surface area contributed by atoms with E-state index in [0.717, 1.165) is 5.92 Å². The fourth-order valence-corrected chi connectivity index (χ4v) is 1.31. The molecular formula is C11H25N. The predicted octanol–water partition coefficient (Wildman–Crippen LogP) is 3.20. The quantitative estimate of drug-likeness (QED) is 0.639. The number of hydrogen-bond acceptors (Lipinski definition) is 1. The molecule has 0 radical (unpaired) electrons. The SMILES string of the molecule is CC1CCCCC1.CNC(C)C. The molecule has 74 valence electrons. The van der Waals surface area contributed by atoms with Crippen LogP contribution in [0.5, 0.6) is 0 Å². The summed E-state index contributed by atoms with van der Waals surface area (Å²) in [5, 5.41) is 3.03. The molecule has 0 spiro atoms. The molecule has 1 fully saturated rings. The minimum atomic E-state index is 0.634. The van der Waals surface area contributed by atoms with Crippen LogP contribution in [-0.2, 0) is 0 Å². The first-order chi connectivity index (χ1) is 5.66. The summed E-state index contributed by atoms with van der Waals surface area (Å²) < 4.78 is 0. The van der Waals surface area contributed by atoms with Gasteiger partial charge in [-0.15, -0.1) is 0 Å². The third-order valence-corrected chi connectivity index (χ3v) is 2.47. The Hall–Kier alpha value is -0.0400. The summed E-state index contributed by atoms with van der Waals surface area (Å²) in [4.78, 5) is 0. The summed E-state index contributed by atoms with van der Waals surface area (Å²) in [6.45, 7) is 6.58. The first-order valence-electron chi connectivity index (χ1n) is 5.34. The van der Waals surface area contributed by atoms with E-state index >= 15 is 0 Å². The van der Waals surface area contributed by atoms with Gasteiger partial charge in [0.25, 0.3) is 0 Å². The van der Waals surface area contributed by atoms with Crippen LogP contribution in [0.1, 0.15) is 52.9 Å². The highest BCUT2D eigenvalue weighted by Gasteiger charge is 2.05. The van der Waals surface area contributed by atoms with Gasteiger partial charge in [0.1, 0.15) is 0 Å². The molecule has 1 aliphatic rings. The molecule has 0 aromatic carbocycles. The first-order valence-corrected chi connectivity index (χ1v) is 5.34. The van der Waals surface area contributed by atoms with E-state index in [2.05, 4.69) is 26.1 Å². The van der Waals surface area contributed by atoms with E-state index in [0.29, 0.717) is 6.04 Å². The Morgan fingerprint density at radius 3 is 1.67 bits per heavy atom. The van der Waals surface area contributed by atoms with Crippen LogP contribution in [0.15, 0.2) is 0 Å². The van der Waals surface area contributed by atoms with Crippen LogP contribution in [0.2, 0.25) is 0 Å². The van der Waals surface area contributed by atoms with E-state index in [1.165, 1.54) is 32.1 Å². The number of nitrogens with one attached hydrogen (secondary N) is 1. The Morgan fingerprint density at radius 2 is 1.50 bits per heavy atom. The van der Waals surface area contributed by atoms with Crippen molar-refractivity contribution < 1.29 is 0 Å². The van der Waals surface area contributed by atoms with Gasteiger partial charge in [0.05, 0.1) is 0 Å². The maximum atomic E-state index is 3.03. The predicted molar refractivity (Wildman–Crippen MR) is 56.4 cm³/mol. The van der Waals surface area contributed by atoms with Crippen molar-refractivity contribution in [2.24, 2.45) is 5.92 Å². The van der Waals surface area contributed by atoms with E-state index in [4.69, 9.17) is 0 Å². The Morgan fingerprint density at radius 1 is 1.08 bits per heavy atom. The molecule has 1 aliphatic carbocycles. The van der Waals surface area contributed by atoms with Crippen LogP contribution < -0.4 is 5.32 Å². The summed E-state index contributed by atoms with van der Waals surface area (Å²) in [7, 11) is 1.95. The minimum Gasteiger partial charge on any atom is -0.318 e. The van der Waals surface area contributed by atoms with Crippen molar-refractivity contribution in [1.29, 1.82) is 0 Å². The summed E-state index contributed by atoms with van der Waals surface area (Å²) in [6, 6.07) is 0.634. The van der Waals surface area contributed by atoms with Gasteiger partial charge in [-0.2, -0.15) is 0 Å². The standard InChI is InChI=1S/C7H14.C4H11N/c1-7-5-3-2-4-6-7;1-4(2)5-3/h7H,2-6H2,1H3;4-5H,1-3H3. The summed E-state index contributed by atoms with van der Waals surface area (Å²) in [6.07, 6.45) is 7.44. The van der Waals surface area contributed by atoms with Gasteiger partial charge in [-0.1, -0.05) is 52.9 Å². The maximum absolute atomic E-state index is 3.03. The Bertz CT molecular complexity index is 83.0. The second kappa shape index (κ2) is 7.60. The molecule has 0 aliphatic heterocycles. The molecule has 1 saturated carbocycles. The van der Waals surface area contributed by atoms with Crippen LogP contribution in [-0.4, -0.2) is 13.1 Å². The zero-order chi connectivity index (χ0) is 9.40. The Balaban J connectivity index is 0.000000217. The minimum absolute atomic E-state index is 0.634. The van der Waals surface area contributed by atoms with Crippen molar-refractivity contribution in [1.82, 2.24) is 5.32 Å². The number of rotatable bonds is 1. The first kappa shape index (κ1) is 12.0. The van der Waals surface area contributed by atoms with Crippen molar-refractivity contribution in [2.75, 3.05) is 7.05 Å². The van der Waals surface area contributed by atoms with Gasteiger partial charge in [-0.3, -0.25) is 0 Å². The second-order valence-electron chi connectivity index (χ2n) is 4.19. The van der Waals surface area contributed by atoms with Crippen LogP contribution in [0.3, 0.4) is 0 Å². The fourth-order valence-electron chi connectivity index (χ4n) is 1.31. The molecule has 12 heavy (non-hydrogen) atoms. The highest BCUT2D eigenvalue weighted by atomic mass is 14.8. The topological polar surface area (TPSA) is 12.0 Å². The van der Waals surface area contributed by atoms with Crippen LogP contribution in [0.4, 0.5) is 0 Å². The molecule has 1 heteroatoms. The van der Waals surface area contributed by atoms with E-state index in [1.807, 2.05) is 7.05 Å². The van der Waals surface area contributed by atoms with Crippen LogP contribution in [0.25, 0.3) is 0 Å². The summed E-state index contributed by atoms with van der Waals surface area (Å²) in [5.74, 6) is 1.04. The molecule has 0 heterocycles. The van der Waals surface area contributed by atoms with Gasteiger partial charge in [-0.05, 0) is 13.0 Å². The lowest BCUT2D eigenvalue weighted by Gasteiger charge is -2.15. The lowest BCUT2D eigenvalue weighted by atomic mass is 9.91. The lowest BCUT2D eigenvalue weighted by molar-refractivity contribution is 0.385. The van der Waals surface area contributed by atoms with Crippen molar-refractivity contribution in [3.05, 3.63) is 0 Å². The zero-order valence-corrected chi connectivity index (χ0v) is 9.19. The third-order valence-electron chi connectivity index (χ3n) is 2.47. The molecule has 0 aromatic heterocycles. The van der Waals surface area contributed by atoms with Crippen molar-refractivity contribution in [3.63, 3.8) is 0 Å². The van der Waals surface area contributed by atoms with E-state index in [1.54, 1.807) is 0 Å². The average molecular weight is 171 g/mol. The van der Waals surface area contributed by atoms with Gasteiger partial charge in [0, 0.05) is 6.04 Å². The fraction of sp³-hybridized carbons (Fsp3) is 1.00. The Kier molecular flexibility index (Phi) is 7.58. The molecule has 0 amide bonds. The molecule has 0 saturated heterocycles. The summed E-state index contributed by atoms with van der Waals surface area (Å²) >= 11 is 0. The van der Waals surface area contributed by atoms with Gasteiger partial charge in [0.15, 0.2) is 0 Å². The lowest BCUT2D eigenvalue weighted by Crippen LogP contribution is -2.15. The van der Waals surface area contributed by atoms with E-state index < -0.39 is 0 Å². The van der Waals surface area contributed by atoms with Crippen molar-refractivity contribution in [2.45, 2.75) is 58.9 Å². The second-order valence-corrected chi connectivity index (χ2v) is 4.19. The molecule has 0 bridgehead atoms. The van der Waals surface area contributed by atoms with Gasteiger partial charge in [0.2, 0.25) is 0 Å². The van der Waals surface area contributed by atoms with Crippen LogP contribution in [0, 0.1) is 5.92 Å². The highest BCUT2D eigenvalue weighted by Crippen LogP contribution is 2.21. The Labute approximate surface area is 77.9 Å². The molecule has 0 atom stereocenters. The van der Waals surface area contributed by atoms with E-state index in [-0.39, 0.29) is 0 Å². The maximum Gasteiger partial charge on any atom is 0.000733 e. The molecule has 1 nitrogen and oxygen atoms in total. The van der Waals surface area contributed by atoms with Gasteiger partial charge < -0.3 is 5.32 Å². The van der Waals surface area contributed by atoms with Crippen molar-refractivity contribution >= 4 is 0 Å². The third kappa shape index (κ3) is 8.06. The van der Waals surface area contributed by atoms with Crippen LogP contribution >= 0.6 is 0 Å². The normalized spacial score (nSPS) is 18.8. The summed E-state index contributed by atoms with van der Waals surface area (Å²) in [5.41, 5.74) is 0.